The molecule has 0 fully saturated rings. The van der Waals surface area contributed by atoms with Crippen molar-refractivity contribution in [1.82, 2.24) is 0 Å². The zero-order valence-electron chi connectivity index (χ0n) is 18.9. The second kappa shape index (κ2) is 12.4. The van der Waals surface area contributed by atoms with Crippen molar-refractivity contribution in [3.8, 4) is 23.3 Å². The third-order valence-electron chi connectivity index (χ3n) is 4.72. The number of ether oxygens (including phenoxy) is 3. The average molecular weight is 532 g/mol. The fourth-order valence-corrected chi connectivity index (χ4v) is 3.66. The lowest BCUT2D eigenvalue weighted by Gasteiger charge is -2.14. The fraction of sp³-hybridized carbons (Fsp3) is 0.154. The van der Waals surface area contributed by atoms with Crippen molar-refractivity contribution < 1.29 is 19.0 Å². The van der Waals surface area contributed by atoms with Gasteiger partial charge in [0, 0.05) is 5.69 Å². The van der Waals surface area contributed by atoms with Crippen molar-refractivity contribution in [2.45, 2.75) is 13.5 Å². The van der Waals surface area contributed by atoms with Gasteiger partial charge >= 0.3 is 0 Å². The second-order valence-electron chi connectivity index (χ2n) is 7.15. The lowest BCUT2D eigenvalue weighted by atomic mass is 10.1. The molecule has 0 atom stereocenters. The Bertz CT molecular complexity index is 1280. The predicted molar refractivity (Wildman–Crippen MR) is 139 cm³/mol. The van der Waals surface area contributed by atoms with Crippen LogP contribution in [-0.4, -0.2) is 19.6 Å². The molecule has 9 heteroatoms. The van der Waals surface area contributed by atoms with E-state index in [0.29, 0.717) is 45.2 Å². The van der Waals surface area contributed by atoms with E-state index in [4.69, 9.17) is 49.0 Å². The third kappa shape index (κ3) is 7.06. The van der Waals surface area contributed by atoms with Gasteiger partial charge in [-0.3, -0.25) is 4.79 Å². The largest absolute Gasteiger partial charge is 0.494 e. The van der Waals surface area contributed by atoms with Crippen LogP contribution in [0.15, 0.2) is 60.2 Å². The van der Waals surface area contributed by atoms with Crippen molar-refractivity contribution in [3.05, 3.63) is 86.4 Å². The van der Waals surface area contributed by atoms with Crippen molar-refractivity contribution in [3.63, 3.8) is 0 Å². The molecule has 0 spiro atoms. The molecule has 0 radical (unpaired) electrons. The van der Waals surface area contributed by atoms with Gasteiger partial charge in [0.25, 0.3) is 5.91 Å². The maximum atomic E-state index is 12.6. The zero-order valence-corrected chi connectivity index (χ0v) is 21.2. The number of hydrogen-bond donors (Lipinski definition) is 1. The summed E-state index contributed by atoms with van der Waals surface area (Å²) in [5.41, 5.74) is 1.70. The molecule has 0 aromatic heterocycles. The van der Waals surface area contributed by atoms with Crippen molar-refractivity contribution in [2.75, 3.05) is 19.0 Å². The molecular formula is C26H21Cl3N2O4. The number of nitriles is 1. The van der Waals surface area contributed by atoms with Gasteiger partial charge in [-0.15, -0.1) is 0 Å². The smallest absolute Gasteiger partial charge is 0.266 e. The van der Waals surface area contributed by atoms with Crippen LogP contribution in [-0.2, 0) is 11.4 Å². The highest BCUT2D eigenvalue weighted by Gasteiger charge is 2.15. The van der Waals surface area contributed by atoms with E-state index in [1.54, 1.807) is 54.6 Å². The van der Waals surface area contributed by atoms with E-state index < -0.39 is 5.91 Å². The quantitative estimate of drug-likeness (QED) is 0.234. The number of carbonyl (C=O) groups excluding carboxylic acids is 1. The molecule has 0 aliphatic rings. The SMILES string of the molecule is CCOc1ccc(NC(=O)/C(C#N)=C\c2cc(Cl)c(OCc3ccc(Cl)c(Cl)c3)c(OC)c2)cc1. The highest BCUT2D eigenvalue weighted by Crippen LogP contribution is 2.38. The van der Waals surface area contributed by atoms with Crippen LogP contribution in [0.3, 0.4) is 0 Å². The van der Waals surface area contributed by atoms with Gasteiger partial charge in [0.2, 0.25) is 0 Å². The normalized spacial score (nSPS) is 10.9. The summed E-state index contributed by atoms with van der Waals surface area (Å²) < 4.78 is 16.7. The summed E-state index contributed by atoms with van der Waals surface area (Å²) in [7, 11) is 1.47. The number of anilines is 1. The van der Waals surface area contributed by atoms with E-state index in [0.717, 1.165) is 5.56 Å². The first kappa shape index (κ1) is 26.2. The van der Waals surface area contributed by atoms with Crippen molar-refractivity contribution in [2.24, 2.45) is 0 Å². The summed E-state index contributed by atoms with van der Waals surface area (Å²) in [6, 6.07) is 17.1. The minimum absolute atomic E-state index is 0.110. The topological polar surface area (TPSA) is 80.6 Å². The number of amides is 1. The van der Waals surface area contributed by atoms with Crippen LogP contribution < -0.4 is 19.5 Å². The number of nitrogens with one attached hydrogen (secondary N) is 1. The highest BCUT2D eigenvalue weighted by atomic mass is 35.5. The molecular weight excluding hydrogens is 511 g/mol. The molecule has 3 rings (SSSR count). The summed E-state index contributed by atoms with van der Waals surface area (Å²) >= 11 is 18.4. The van der Waals surface area contributed by atoms with Gasteiger partial charge < -0.3 is 19.5 Å². The maximum Gasteiger partial charge on any atom is 0.266 e. The van der Waals surface area contributed by atoms with Crippen LogP contribution in [0.4, 0.5) is 5.69 Å². The molecule has 35 heavy (non-hydrogen) atoms. The molecule has 0 aliphatic heterocycles. The number of halogens is 3. The number of methoxy groups -OCH3 is 1. The molecule has 0 saturated heterocycles. The first-order valence-electron chi connectivity index (χ1n) is 10.4. The summed E-state index contributed by atoms with van der Waals surface area (Å²) in [6.45, 7) is 2.60. The summed E-state index contributed by atoms with van der Waals surface area (Å²) in [6.07, 6.45) is 1.42. The Morgan fingerprint density at radius 3 is 2.37 bits per heavy atom. The molecule has 6 nitrogen and oxygen atoms in total. The Labute approximate surface area is 218 Å². The van der Waals surface area contributed by atoms with Crippen LogP contribution in [0.25, 0.3) is 6.08 Å². The Kier molecular flexibility index (Phi) is 9.27. The van der Waals surface area contributed by atoms with Gasteiger partial charge in [0.05, 0.1) is 28.8 Å². The third-order valence-corrected chi connectivity index (χ3v) is 5.74. The molecule has 0 aliphatic carbocycles. The Morgan fingerprint density at radius 1 is 1.00 bits per heavy atom. The number of nitrogens with zero attached hydrogens (tertiary/aromatic N) is 1. The van der Waals surface area contributed by atoms with E-state index in [1.165, 1.54) is 13.2 Å². The first-order chi connectivity index (χ1) is 16.8. The van der Waals surface area contributed by atoms with Gasteiger partial charge in [-0.25, -0.2) is 0 Å². The lowest BCUT2D eigenvalue weighted by molar-refractivity contribution is -0.112. The van der Waals surface area contributed by atoms with E-state index in [1.807, 2.05) is 13.0 Å². The summed E-state index contributed by atoms with van der Waals surface area (Å²) in [5.74, 6) is 0.777. The first-order valence-corrected chi connectivity index (χ1v) is 11.6. The van der Waals surface area contributed by atoms with Gasteiger partial charge in [-0.1, -0.05) is 40.9 Å². The van der Waals surface area contributed by atoms with Crippen LogP contribution in [0.5, 0.6) is 17.2 Å². The van der Waals surface area contributed by atoms with Gasteiger partial charge in [-0.2, -0.15) is 5.26 Å². The monoisotopic (exact) mass is 530 g/mol. The van der Waals surface area contributed by atoms with Crippen LogP contribution in [0.2, 0.25) is 15.1 Å². The molecule has 180 valence electrons. The van der Waals surface area contributed by atoms with E-state index in [-0.39, 0.29) is 17.2 Å². The van der Waals surface area contributed by atoms with Gasteiger partial charge in [0.1, 0.15) is 24.0 Å². The summed E-state index contributed by atoms with van der Waals surface area (Å²) in [5, 5.41) is 13.3. The molecule has 1 amide bonds. The fourth-order valence-electron chi connectivity index (χ4n) is 3.06. The number of hydrogen-bond acceptors (Lipinski definition) is 5. The lowest BCUT2D eigenvalue weighted by Crippen LogP contribution is -2.13. The molecule has 0 heterocycles. The Hall–Kier alpha value is -3.37. The van der Waals surface area contributed by atoms with Crippen molar-refractivity contribution >= 4 is 52.5 Å². The molecule has 0 unspecified atom stereocenters. The van der Waals surface area contributed by atoms with Gasteiger partial charge in [-0.05, 0) is 72.7 Å². The molecule has 3 aromatic rings. The minimum Gasteiger partial charge on any atom is -0.494 e. The van der Waals surface area contributed by atoms with E-state index in [9.17, 15) is 10.1 Å². The molecule has 3 aromatic carbocycles. The standard InChI is InChI=1S/C26H21Cl3N2O4/c1-3-34-20-7-5-19(6-8-20)31-26(32)18(14-30)10-17-12-23(29)25(24(13-17)33-2)35-15-16-4-9-21(27)22(28)11-16/h4-13H,3,15H2,1-2H3,(H,31,32)/b18-10-. The van der Waals surface area contributed by atoms with E-state index >= 15 is 0 Å². The Morgan fingerprint density at radius 2 is 1.74 bits per heavy atom. The van der Waals surface area contributed by atoms with E-state index in [2.05, 4.69) is 5.32 Å². The second-order valence-corrected chi connectivity index (χ2v) is 8.37. The zero-order chi connectivity index (χ0) is 25.4. The minimum atomic E-state index is -0.563. The summed E-state index contributed by atoms with van der Waals surface area (Å²) in [4.78, 5) is 12.6. The van der Waals surface area contributed by atoms with Crippen LogP contribution in [0, 0.1) is 11.3 Å². The number of rotatable bonds is 9. The Balaban J connectivity index is 1.77. The number of carbonyl (C=O) groups is 1. The maximum absolute atomic E-state index is 12.6. The molecule has 0 saturated carbocycles. The van der Waals surface area contributed by atoms with Crippen molar-refractivity contribution in [1.29, 1.82) is 5.26 Å². The molecule has 1 N–H and O–H groups in total. The predicted octanol–water partition coefficient (Wildman–Crippen LogP) is 7.18. The van der Waals surface area contributed by atoms with Crippen LogP contribution >= 0.6 is 34.8 Å². The average Bonchev–Trinajstić information content (AvgIpc) is 2.84. The number of benzene rings is 3. The van der Waals surface area contributed by atoms with Gasteiger partial charge in [0.15, 0.2) is 11.5 Å². The highest BCUT2D eigenvalue weighted by molar-refractivity contribution is 6.42. The molecule has 0 bridgehead atoms. The van der Waals surface area contributed by atoms with Crippen LogP contribution in [0.1, 0.15) is 18.1 Å².